The van der Waals surface area contributed by atoms with Crippen molar-refractivity contribution in [2.45, 2.75) is 51.0 Å². The van der Waals surface area contributed by atoms with Crippen molar-refractivity contribution >= 4 is 35.3 Å². The number of esters is 2. The fourth-order valence-electron chi connectivity index (χ4n) is 4.04. The number of cyclic esters (lactones) is 2. The Bertz CT molecular complexity index is 1070. The lowest BCUT2D eigenvalue weighted by atomic mass is 10.0. The molecule has 2 aromatic rings. The van der Waals surface area contributed by atoms with Crippen molar-refractivity contribution < 1.29 is 33.8 Å². The topological polar surface area (TPSA) is 113 Å². The van der Waals surface area contributed by atoms with Crippen LogP contribution in [0.2, 0.25) is 0 Å². The number of aryl methyl sites for hydroxylation is 1. The summed E-state index contributed by atoms with van der Waals surface area (Å²) in [6.45, 7) is 1.76. The van der Waals surface area contributed by atoms with E-state index in [4.69, 9.17) is 9.47 Å². The molecular formula is C24H24N2O7. The number of carbonyl (C=O) groups is 4. The first-order valence-electron chi connectivity index (χ1n) is 10.7. The second-order valence-corrected chi connectivity index (χ2v) is 7.96. The van der Waals surface area contributed by atoms with Gasteiger partial charge in [-0.05, 0) is 36.2 Å². The van der Waals surface area contributed by atoms with Gasteiger partial charge in [-0.25, -0.2) is 9.69 Å². The predicted molar refractivity (Wildman–Crippen MR) is 117 cm³/mol. The van der Waals surface area contributed by atoms with Crippen LogP contribution in [0.3, 0.4) is 0 Å². The molecular weight excluding hydrogens is 428 g/mol. The molecule has 0 saturated carbocycles. The summed E-state index contributed by atoms with van der Waals surface area (Å²) in [5.74, 6) is -3.08. The number of benzene rings is 2. The van der Waals surface area contributed by atoms with E-state index in [0.29, 0.717) is 24.2 Å². The number of aliphatic hydroxyl groups excluding tert-OH is 1. The first-order chi connectivity index (χ1) is 15.8. The van der Waals surface area contributed by atoms with Crippen LogP contribution in [0.25, 0.3) is 0 Å². The van der Waals surface area contributed by atoms with Crippen LogP contribution in [0.15, 0.2) is 54.6 Å². The molecule has 9 nitrogen and oxygen atoms in total. The minimum absolute atomic E-state index is 0.237. The maximum absolute atomic E-state index is 13.2. The molecule has 0 bridgehead atoms. The highest BCUT2D eigenvalue weighted by atomic mass is 16.7. The van der Waals surface area contributed by atoms with Gasteiger partial charge in [-0.15, -0.1) is 0 Å². The van der Waals surface area contributed by atoms with E-state index >= 15 is 0 Å². The van der Waals surface area contributed by atoms with Gasteiger partial charge in [0.15, 0.2) is 0 Å². The normalized spacial score (nSPS) is 20.5. The van der Waals surface area contributed by atoms with Crippen LogP contribution >= 0.6 is 0 Å². The van der Waals surface area contributed by atoms with Crippen LogP contribution in [0, 0.1) is 0 Å². The second-order valence-electron chi connectivity index (χ2n) is 7.96. The van der Waals surface area contributed by atoms with Crippen LogP contribution < -0.4 is 9.80 Å². The summed E-state index contributed by atoms with van der Waals surface area (Å²) in [6, 6.07) is 14.8. The molecule has 0 radical (unpaired) electrons. The highest BCUT2D eigenvalue weighted by molar-refractivity contribution is 6.21. The van der Waals surface area contributed by atoms with Gasteiger partial charge in [-0.3, -0.25) is 19.3 Å². The number of aliphatic hydroxyl groups is 1. The Morgan fingerprint density at radius 2 is 1.64 bits per heavy atom. The zero-order valence-electron chi connectivity index (χ0n) is 18.1. The summed E-state index contributed by atoms with van der Waals surface area (Å²) >= 11 is 0. The van der Waals surface area contributed by atoms with Crippen molar-refractivity contribution in [3.8, 4) is 0 Å². The molecule has 33 heavy (non-hydrogen) atoms. The molecule has 2 fully saturated rings. The zero-order valence-corrected chi connectivity index (χ0v) is 18.1. The molecule has 2 aliphatic heterocycles. The Balaban J connectivity index is 1.55. The average molecular weight is 452 g/mol. The predicted octanol–water partition coefficient (Wildman–Crippen LogP) is 2.90. The Morgan fingerprint density at radius 1 is 0.970 bits per heavy atom. The summed E-state index contributed by atoms with van der Waals surface area (Å²) in [6.07, 6.45) is -0.982. The Kier molecular flexibility index (Phi) is 6.15. The van der Waals surface area contributed by atoms with E-state index in [2.05, 4.69) is 0 Å². The summed E-state index contributed by atoms with van der Waals surface area (Å²) in [4.78, 5) is 51.6. The average Bonchev–Trinajstić information content (AvgIpc) is 2.78. The van der Waals surface area contributed by atoms with E-state index < -0.39 is 42.3 Å². The third-order valence-electron chi connectivity index (χ3n) is 5.73. The quantitative estimate of drug-likeness (QED) is 0.530. The molecule has 0 aliphatic carbocycles. The highest BCUT2D eigenvalue weighted by Crippen LogP contribution is 2.32. The van der Waals surface area contributed by atoms with Crippen molar-refractivity contribution in [2.75, 3.05) is 9.80 Å². The standard InChI is InChI=1S/C24H24N2O7/c1-2-24(32-21(29)15-22(30)33-24)12-11-16-7-6-10-18(13-16)26-20(28)14-19(27)25(23(26)31)17-8-4-3-5-9-17/h3-10,13,19,27H,2,11-12,14-15H2,1H3. The molecule has 2 aromatic carbocycles. The maximum atomic E-state index is 13.2. The smallest absolute Gasteiger partial charge is 0.337 e. The molecule has 4 rings (SSSR count). The first kappa shape index (κ1) is 22.5. The Hall–Kier alpha value is -3.72. The van der Waals surface area contributed by atoms with Gasteiger partial charge in [0.25, 0.3) is 5.79 Å². The number of hydrogen-bond acceptors (Lipinski definition) is 7. The fourth-order valence-corrected chi connectivity index (χ4v) is 4.04. The van der Waals surface area contributed by atoms with Gasteiger partial charge in [0.1, 0.15) is 12.6 Å². The number of anilines is 2. The molecule has 0 spiro atoms. The van der Waals surface area contributed by atoms with Gasteiger partial charge in [0.2, 0.25) is 5.91 Å². The number of rotatable bonds is 6. The van der Waals surface area contributed by atoms with Crippen molar-refractivity contribution in [1.29, 1.82) is 0 Å². The van der Waals surface area contributed by atoms with Gasteiger partial charge >= 0.3 is 18.0 Å². The van der Waals surface area contributed by atoms with Gasteiger partial charge in [0, 0.05) is 18.5 Å². The number of carbonyl (C=O) groups excluding carboxylic acids is 4. The van der Waals surface area contributed by atoms with Gasteiger partial charge in [-0.1, -0.05) is 37.3 Å². The molecule has 0 aromatic heterocycles. The van der Waals surface area contributed by atoms with E-state index in [1.54, 1.807) is 55.5 Å². The number of amides is 3. The molecule has 2 heterocycles. The van der Waals surface area contributed by atoms with Crippen molar-refractivity contribution in [1.82, 2.24) is 0 Å². The van der Waals surface area contributed by atoms with Crippen molar-refractivity contribution in [3.05, 3.63) is 60.2 Å². The molecule has 9 heteroatoms. The third kappa shape index (κ3) is 4.58. The molecule has 3 amide bonds. The number of imide groups is 1. The summed E-state index contributed by atoms with van der Waals surface area (Å²) in [7, 11) is 0. The van der Waals surface area contributed by atoms with Crippen LogP contribution in [0.4, 0.5) is 16.2 Å². The van der Waals surface area contributed by atoms with E-state index in [9.17, 15) is 24.3 Å². The Morgan fingerprint density at radius 3 is 2.30 bits per heavy atom. The molecule has 2 aliphatic rings. The second kappa shape index (κ2) is 9.03. The minimum Gasteiger partial charge on any atom is -0.422 e. The van der Waals surface area contributed by atoms with Gasteiger partial charge < -0.3 is 14.6 Å². The Labute approximate surface area is 190 Å². The molecule has 1 N–H and O–H groups in total. The number of ether oxygens (including phenoxy) is 2. The highest BCUT2D eigenvalue weighted by Gasteiger charge is 2.42. The maximum Gasteiger partial charge on any atom is 0.337 e. The number of para-hydroxylation sites is 1. The van der Waals surface area contributed by atoms with Crippen molar-refractivity contribution in [2.24, 2.45) is 0 Å². The van der Waals surface area contributed by atoms with E-state index in [0.717, 1.165) is 10.5 Å². The molecule has 2 saturated heterocycles. The van der Waals surface area contributed by atoms with Gasteiger partial charge in [0.05, 0.1) is 12.1 Å². The van der Waals surface area contributed by atoms with E-state index in [1.165, 1.54) is 4.90 Å². The van der Waals surface area contributed by atoms with Crippen LogP contribution in [-0.4, -0.2) is 41.0 Å². The fraction of sp³-hybridized carbons (Fsp3) is 0.333. The number of urea groups is 1. The SMILES string of the molecule is CCC1(CCc2cccc(N3C(=O)CC(O)N(c4ccccc4)C3=O)c2)OC(=O)CC(=O)O1. The zero-order chi connectivity index (χ0) is 23.6. The number of nitrogens with zero attached hydrogens (tertiary/aromatic N) is 2. The third-order valence-corrected chi connectivity index (χ3v) is 5.73. The summed E-state index contributed by atoms with van der Waals surface area (Å²) < 4.78 is 10.7. The van der Waals surface area contributed by atoms with Crippen LogP contribution in [0.5, 0.6) is 0 Å². The van der Waals surface area contributed by atoms with E-state index in [-0.39, 0.29) is 12.8 Å². The molecule has 1 unspecified atom stereocenters. The minimum atomic E-state index is -1.33. The molecule has 172 valence electrons. The molecule has 1 atom stereocenters. The lowest BCUT2D eigenvalue weighted by Gasteiger charge is -2.37. The summed E-state index contributed by atoms with van der Waals surface area (Å²) in [5, 5.41) is 10.4. The largest absolute Gasteiger partial charge is 0.422 e. The lowest BCUT2D eigenvalue weighted by Crippen LogP contribution is -2.57. The first-order valence-corrected chi connectivity index (χ1v) is 10.7. The summed E-state index contributed by atoms with van der Waals surface area (Å²) in [5.41, 5.74) is 1.60. The lowest BCUT2D eigenvalue weighted by molar-refractivity contribution is -0.247. The van der Waals surface area contributed by atoms with Crippen LogP contribution in [-0.2, 0) is 30.3 Å². The van der Waals surface area contributed by atoms with E-state index in [1.807, 2.05) is 6.07 Å². The van der Waals surface area contributed by atoms with Crippen molar-refractivity contribution in [3.63, 3.8) is 0 Å². The van der Waals surface area contributed by atoms with Crippen LogP contribution in [0.1, 0.15) is 38.2 Å². The number of hydrogen-bond donors (Lipinski definition) is 1. The monoisotopic (exact) mass is 452 g/mol. The van der Waals surface area contributed by atoms with Gasteiger partial charge in [-0.2, -0.15) is 0 Å².